The fraction of sp³-hybridized carbons (Fsp3) is 0.724. The molecule has 0 spiro atoms. The number of likely N-dealkylation sites (tertiary alicyclic amines) is 1. The number of hydrogen-bond donors (Lipinski definition) is 1. The summed E-state index contributed by atoms with van der Waals surface area (Å²) in [6, 6.07) is 2.64. The smallest absolute Gasteiger partial charge is 0.220 e. The van der Waals surface area contributed by atoms with Crippen LogP contribution in [0.4, 0.5) is 8.78 Å². The third kappa shape index (κ3) is 6.69. The van der Waals surface area contributed by atoms with Gasteiger partial charge < -0.3 is 19.5 Å². The van der Waals surface area contributed by atoms with Crippen molar-refractivity contribution in [3.63, 3.8) is 0 Å². The molecule has 2 heterocycles. The largest absolute Gasteiger partial charge is 0.381 e. The number of halogens is 2. The Balaban J connectivity index is 0.985. The number of hydrogen-bond acceptors (Lipinski definition) is 5. The molecule has 3 fully saturated rings. The van der Waals surface area contributed by atoms with E-state index in [4.69, 9.17) is 9.26 Å². The van der Waals surface area contributed by atoms with E-state index >= 15 is 0 Å². The maximum Gasteiger partial charge on any atom is 0.220 e. The van der Waals surface area contributed by atoms with E-state index in [-0.39, 0.29) is 11.8 Å². The number of ether oxygens (including phenoxy) is 1. The molecular weight excluding hydrogens is 476 g/mol. The first kappa shape index (κ1) is 26.5. The molecule has 5 rings (SSSR count). The Morgan fingerprint density at radius 1 is 1.00 bits per heavy atom. The van der Waals surface area contributed by atoms with E-state index in [2.05, 4.69) is 15.4 Å². The zero-order chi connectivity index (χ0) is 25.8. The van der Waals surface area contributed by atoms with Crippen molar-refractivity contribution < 1.29 is 22.8 Å². The molecule has 204 valence electrons. The zero-order valence-corrected chi connectivity index (χ0v) is 22.0. The van der Waals surface area contributed by atoms with Crippen LogP contribution in [0.25, 0.3) is 11.0 Å². The second-order valence-electron chi connectivity index (χ2n) is 11.6. The van der Waals surface area contributed by atoms with Crippen LogP contribution in [-0.4, -0.2) is 54.9 Å². The van der Waals surface area contributed by atoms with Gasteiger partial charge in [-0.15, -0.1) is 0 Å². The van der Waals surface area contributed by atoms with Gasteiger partial charge in [-0.05, 0) is 108 Å². The Bertz CT molecular complexity index is 1040. The molecular formula is C29H41F2N3O3. The van der Waals surface area contributed by atoms with Crippen molar-refractivity contribution in [2.75, 3.05) is 26.7 Å². The van der Waals surface area contributed by atoms with E-state index in [1.165, 1.54) is 25.3 Å². The Morgan fingerprint density at radius 2 is 1.68 bits per heavy atom. The summed E-state index contributed by atoms with van der Waals surface area (Å²) in [6.45, 7) is 3.07. The molecule has 1 saturated heterocycles. The van der Waals surface area contributed by atoms with E-state index in [1.807, 2.05) is 0 Å². The van der Waals surface area contributed by atoms with Crippen molar-refractivity contribution in [2.24, 2.45) is 11.8 Å². The number of fused-ring (bicyclic) bond motifs is 1. The number of aromatic nitrogens is 1. The summed E-state index contributed by atoms with van der Waals surface area (Å²) in [4.78, 5) is 15.1. The van der Waals surface area contributed by atoms with Crippen LogP contribution in [0.2, 0.25) is 0 Å². The summed E-state index contributed by atoms with van der Waals surface area (Å²) >= 11 is 0. The average molecular weight is 518 g/mol. The van der Waals surface area contributed by atoms with Gasteiger partial charge in [0.2, 0.25) is 5.91 Å². The molecule has 3 aliphatic rings. The van der Waals surface area contributed by atoms with E-state index in [1.54, 1.807) is 7.11 Å². The number of piperidine rings is 1. The van der Waals surface area contributed by atoms with Gasteiger partial charge in [-0.1, -0.05) is 5.16 Å². The standard InChI is InChI=1S/C29H41F2N3O3/c1-36-23-8-4-20(5-9-23)16-28(35)32-22-6-2-19(3-7-22)10-13-34-14-11-21(12-15-34)29-24-17-25(30)26(31)18-27(24)37-33-29/h17-23H,2-16H2,1H3,(H,32,35)/t19-,20?,22-,23?. The SMILES string of the molecule is COC1CCC(CC(=O)N[C@H]2CC[C@H](CCN3CCC(c4noc5cc(F)c(F)cc45)CC3)CC2)CC1. The Hall–Kier alpha value is -2.06. The fourth-order valence-electron chi connectivity index (χ4n) is 6.76. The van der Waals surface area contributed by atoms with E-state index < -0.39 is 11.6 Å². The summed E-state index contributed by atoms with van der Waals surface area (Å²) in [7, 11) is 1.78. The molecule has 0 atom stereocenters. The predicted octanol–water partition coefficient (Wildman–Crippen LogP) is 5.95. The van der Waals surface area contributed by atoms with Gasteiger partial charge in [-0.3, -0.25) is 4.79 Å². The quantitative estimate of drug-likeness (QED) is 0.469. The monoisotopic (exact) mass is 517 g/mol. The molecule has 1 aliphatic heterocycles. The number of rotatable bonds is 8. The highest BCUT2D eigenvalue weighted by Crippen LogP contribution is 2.34. The van der Waals surface area contributed by atoms with Gasteiger partial charge in [0.25, 0.3) is 0 Å². The number of amides is 1. The first-order valence-corrected chi connectivity index (χ1v) is 14.3. The topological polar surface area (TPSA) is 67.6 Å². The lowest BCUT2D eigenvalue weighted by Crippen LogP contribution is -2.39. The fourth-order valence-corrected chi connectivity index (χ4v) is 6.76. The van der Waals surface area contributed by atoms with Crippen LogP contribution in [-0.2, 0) is 9.53 Å². The van der Waals surface area contributed by atoms with Crippen molar-refractivity contribution in [2.45, 2.75) is 95.1 Å². The number of nitrogens with one attached hydrogen (secondary N) is 1. The van der Waals surface area contributed by atoms with Crippen molar-refractivity contribution in [3.8, 4) is 0 Å². The highest BCUT2D eigenvalue weighted by Gasteiger charge is 2.28. The van der Waals surface area contributed by atoms with Crippen LogP contribution in [0.1, 0.15) is 88.7 Å². The van der Waals surface area contributed by atoms with Gasteiger partial charge in [0.05, 0.1) is 11.8 Å². The average Bonchev–Trinajstić information content (AvgIpc) is 3.31. The second-order valence-corrected chi connectivity index (χ2v) is 11.6. The van der Waals surface area contributed by atoms with Crippen molar-refractivity contribution in [1.82, 2.24) is 15.4 Å². The van der Waals surface area contributed by atoms with Gasteiger partial charge in [-0.25, -0.2) is 8.78 Å². The molecule has 1 amide bonds. The molecule has 6 nitrogen and oxygen atoms in total. The molecule has 0 radical (unpaired) electrons. The van der Waals surface area contributed by atoms with Crippen LogP contribution in [0.3, 0.4) is 0 Å². The van der Waals surface area contributed by atoms with E-state index in [9.17, 15) is 13.6 Å². The Morgan fingerprint density at radius 3 is 2.38 bits per heavy atom. The molecule has 37 heavy (non-hydrogen) atoms. The van der Waals surface area contributed by atoms with Crippen molar-refractivity contribution in [1.29, 1.82) is 0 Å². The second kappa shape index (κ2) is 12.2. The number of carbonyl (C=O) groups is 1. The predicted molar refractivity (Wildman–Crippen MR) is 138 cm³/mol. The van der Waals surface area contributed by atoms with Crippen LogP contribution >= 0.6 is 0 Å². The van der Waals surface area contributed by atoms with E-state index in [0.29, 0.717) is 35.5 Å². The molecule has 1 aromatic carbocycles. The van der Waals surface area contributed by atoms with Crippen molar-refractivity contribution >= 4 is 16.9 Å². The summed E-state index contributed by atoms with van der Waals surface area (Å²) < 4.78 is 37.9. The minimum atomic E-state index is -0.901. The lowest BCUT2D eigenvalue weighted by molar-refractivity contribution is -0.123. The highest BCUT2D eigenvalue weighted by atomic mass is 19.2. The van der Waals surface area contributed by atoms with Crippen LogP contribution in [0.15, 0.2) is 16.7 Å². The number of benzene rings is 1. The van der Waals surface area contributed by atoms with Crippen molar-refractivity contribution in [3.05, 3.63) is 29.5 Å². The third-order valence-corrected chi connectivity index (χ3v) is 9.18. The van der Waals surface area contributed by atoms with Crippen LogP contribution < -0.4 is 5.32 Å². The molecule has 8 heteroatoms. The molecule has 2 aliphatic carbocycles. The van der Waals surface area contributed by atoms with Gasteiger partial charge in [0, 0.05) is 36.9 Å². The molecule has 0 unspecified atom stereocenters. The number of nitrogens with zero attached hydrogens (tertiary/aromatic N) is 2. The molecule has 1 N–H and O–H groups in total. The van der Waals surface area contributed by atoms with Crippen LogP contribution in [0.5, 0.6) is 0 Å². The summed E-state index contributed by atoms with van der Waals surface area (Å²) in [5.74, 6) is -0.0570. The van der Waals surface area contributed by atoms with Crippen LogP contribution in [0, 0.1) is 23.5 Å². The Kier molecular flexibility index (Phi) is 8.75. The first-order valence-electron chi connectivity index (χ1n) is 14.3. The maximum absolute atomic E-state index is 13.7. The zero-order valence-electron chi connectivity index (χ0n) is 22.0. The summed E-state index contributed by atoms with van der Waals surface area (Å²) in [5.41, 5.74) is 1.08. The number of carbonyl (C=O) groups excluding carboxylic acids is 1. The van der Waals surface area contributed by atoms with Gasteiger partial charge >= 0.3 is 0 Å². The first-order chi connectivity index (χ1) is 18.0. The maximum atomic E-state index is 13.7. The van der Waals surface area contributed by atoms with E-state index in [0.717, 1.165) is 88.7 Å². The number of methoxy groups -OCH3 is 1. The summed E-state index contributed by atoms with van der Waals surface area (Å²) in [5, 5.41) is 8.06. The highest BCUT2D eigenvalue weighted by molar-refractivity contribution is 5.80. The minimum Gasteiger partial charge on any atom is -0.381 e. The minimum absolute atomic E-state index is 0.219. The lowest BCUT2D eigenvalue weighted by atomic mass is 9.83. The lowest BCUT2D eigenvalue weighted by Gasteiger charge is -2.34. The molecule has 0 bridgehead atoms. The third-order valence-electron chi connectivity index (χ3n) is 9.18. The molecule has 1 aromatic heterocycles. The normalized spacial score (nSPS) is 28.0. The van der Waals surface area contributed by atoms with Gasteiger partial charge in [0.15, 0.2) is 17.2 Å². The summed E-state index contributed by atoms with van der Waals surface area (Å²) in [6.07, 6.45) is 13.1. The molecule has 2 aromatic rings. The van der Waals surface area contributed by atoms with Gasteiger partial charge in [-0.2, -0.15) is 0 Å². The Labute approximate surface area is 218 Å². The molecule has 2 saturated carbocycles. The van der Waals surface area contributed by atoms with Gasteiger partial charge in [0.1, 0.15) is 0 Å².